The molecule has 206 valence electrons. The fourth-order valence-electron chi connectivity index (χ4n) is 5.53. The number of likely N-dealkylation sites (tertiary alicyclic amines) is 1. The molecule has 6 rings (SSSR count). The van der Waals surface area contributed by atoms with Crippen molar-refractivity contribution in [3.05, 3.63) is 93.6 Å². The van der Waals surface area contributed by atoms with Gasteiger partial charge in [-0.1, -0.05) is 48.0 Å². The average Bonchev–Trinajstić information content (AvgIpc) is 3.61. The second kappa shape index (κ2) is 10.7. The van der Waals surface area contributed by atoms with Crippen molar-refractivity contribution >= 4 is 22.6 Å². The molecular formula is C30H32ClN7O2. The molecule has 0 atom stereocenters. The maximum absolute atomic E-state index is 13.4. The Kier molecular flexibility index (Phi) is 7.06. The number of fused-ring (bicyclic) bond motifs is 1. The van der Waals surface area contributed by atoms with E-state index in [1.54, 1.807) is 11.7 Å². The number of nitrogens with one attached hydrogen (secondary N) is 1. The summed E-state index contributed by atoms with van der Waals surface area (Å²) in [5.74, 6) is 0. The molecule has 4 N–H and O–H groups in total. The zero-order valence-corrected chi connectivity index (χ0v) is 23.1. The van der Waals surface area contributed by atoms with Crippen molar-refractivity contribution in [3.8, 4) is 22.5 Å². The number of piperidine rings is 1. The molecule has 0 aliphatic carbocycles. The summed E-state index contributed by atoms with van der Waals surface area (Å²) in [7, 11) is 1.81. The standard InChI is InChI=1S/C30H32ClN7O2/c1-36-28(21-6-4-20(16-32)5-7-21)26-27(35-36)29(39)38(19-34-26)18-30(40)10-13-37(14-11-30)17-23-9-8-22(15-24(23)31)25-3-2-12-33-25/h2-9,12,15,19,33,40H,10-11,13-14,16-18,32H2,1H3. The molecule has 1 fully saturated rings. The zero-order valence-electron chi connectivity index (χ0n) is 22.3. The van der Waals surface area contributed by atoms with Crippen LogP contribution >= 0.6 is 11.6 Å². The lowest BCUT2D eigenvalue weighted by molar-refractivity contribution is -0.0364. The van der Waals surface area contributed by atoms with E-state index in [1.807, 2.05) is 48.7 Å². The van der Waals surface area contributed by atoms with Gasteiger partial charge < -0.3 is 15.8 Å². The molecule has 5 aromatic rings. The molecule has 0 saturated carbocycles. The van der Waals surface area contributed by atoms with Crippen LogP contribution in [0.3, 0.4) is 0 Å². The van der Waals surface area contributed by atoms with Crippen molar-refractivity contribution in [1.82, 2.24) is 29.2 Å². The summed E-state index contributed by atoms with van der Waals surface area (Å²) < 4.78 is 3.17. The number of hydrogen-bond donors (Lipinski definition) is 3. The number of rotatable bonds is 7. The number of nitrogens with two attached hydrogens (primary N) is 1. The molecule has 9 nitrogen and oxygen atoms in total. The molecule has 2 aromatic carbocycles. The number of halogens is 1. The third kappa shape index (κ3) is 5.09. The lowest BCUT2D eigenvalue weighted by Gasteiger charge is -2.38. The molecule has 1 saturated heterocycles. The minimum atomic E-state index is -1.01. The van der Waals surface area contributed by atoms with Crippen LogP contribution in [0.4, 0.5) is 0 Å². The highest BCUT2D eigenvalue weighted by Crippen LogP contribution is 2.30. The Labute approximate surface area is 236 Å². The van der Waals surface area contributed by atoms with Gasteiger partial charge in [-0.15, -0.1) is 0 Å². The highest BCUT2D eigenvalue weighted by Gasteiger charge is 2.33. The summed E-state index contributed by atoms with van der Waals surface area (Å²) >= 11 is 6.61. The second-order valence-electron chi connectivity index (χ2n) is 10.6. The molecule has 0 unspecified atom stereocenters. The van der Waals surface area contributed by atoms with Crippen molar-refractivity contribution in [1.29, 1.82) is 0 Å². The maximum atomic E-state index is 13.4. The van der Waals surface area contributed by atoms with Crippen LogP contribution < -0.4 is 11.3 Å². The number of benzene rings is 2. The second-order valence-corrected chi connectivity index (χ2v) is 11.0. The van der Waals surface area contributed by atoms with Crippen LogP contribution in [0.25, 0.3) is 33.5 Å². The topological polar surface area (TPSA) is 118 Å². The third-order valence-corrected chi connectivity index (χ3v) is 8.23. The van der Waals surface area contributed by atoms with Crippen LogP contribution in [0.1, 0.15) is 24.0 Å². The molecule has 1 aliphatic heterocycles. The van der Waals surface area contributed by atoms with E-state index in [0.717, 1.165) is 38.7 Å². The highest BCUT2D eigenvalue weighted by molar-refractivity contribution is 6.31. The Morgan fingerprint density at radius 1 is 1.07 bits per heavy atom. The van der Waals surface area contributed by atoms with E-state index >= 15 is 0 Å². The van der Waals surface area contributed by atoms with Crippen LogP contribution in [0.5, 0.6) is 0 Å². The summed E-state index contributed by atoms with van der Waals surface area (Å²) in [5, 5.41) is 16.6. The van der Waals surface area contributed by atoms with Crippen molar-refractivity contribution in [2.75, 3.05) is 13.1 Å². The van der Waals surface area contributed by atoms with Crippen LogP contribution in [0.2, 0.25) is 5.02 Å². The smallest absolute Gasteiger partial charge is 0.281 e. The molecule has 40 heavy (non-hydrogen) atoms. The summed E-state index contributed by atoms with van der Waals surface area (Å²) in [4.78, 5) is 23.5. The molecule has 0 radical (unpaired) electrons. The van der Waals surface area contributed by atoms with E-state index in [4.69, 9.17) is 17.3 Å². The van der Waals surface area contributed by atoms with E-state index in [9.17, 15) is 9.90 Å². The number of aliphatic hydroxyl groups is 1. The Morgan fingerprint density at radius 3 is 2.50 bits per heavy atom. The molecule has 10 heteroatoms. The fraction of sp³-hybridized carbons (Fsp3) is 0.300. The molecule has 4 heterocycles. The maximum Gasteiger partial charge on any atom is 0.281 e. The summed E-state index contributed by atoms with van der Waals surface area (Å²) in [5.41, 5.74) is 11.1. The van der Waals surface area contributed by atoms with Gasteiger partial charge in [0.05, 0.1) is 24.2 Å². The SMILES string of the molecule is Cn1nc2c(=O)n(CC3(O)CCN(Cc4ccc(-c5ccc[nH]5)cc4Cl)CC3)cnc2c1-c1ccc(CN)cc1. The number of aromatic amines is 1. The third-order valence-electron chi connectivity index (χ3n) is 7.88. The number of aryl methyl sites for hydroxylation is 1. The van der Waals surface area contributed by atoms with Gasteiger partial charge in [0.25, 0.3) is 5.56 Å². The predicted octanol–water partition coefficient (Wildman–Crippen LogP) is 3.93. The van der Waals surface area contributed by atoms with Gasteiger partial charge in [-0.2, -0.15) is 5.10 Å². The molecule has 0 spiro atoms. The van der Waals surface area contributed by atoms with Crippen LogP contribution in [-0.4, -0.2) is 53.0 Å². The van der Waals surface area contributed by atoms with Crippen molar-refractivity contribution in [3.63, 3.8) is 0 Å². The molecule has 1 aliphatic rings. The van der Waals surface area contributed by atoms with Gasteiger partial charge in [0.1, 0.15) is 5.52 Å². The first-order valence-corrected chi connectivity index (χ1v) is 13.8. The quantitative estimate of drug-likeness (QED) is 0.279. The Morgan fingerprint density at radius 2 is 1.82 bits per heavy atom. The predicted molar refractivity (Wildman–Crippen MR) is 157 cm³/mol. The minimum Gasteiger partial charge on any atom is -0.388 e. The monoisotopic (exact) mass is 557 g/mol. The number of aromatic nitrogens is 5. The van der Waals surface area contributed by atoms with Gasteiger partial charge in [0.15, 0.2) is 5.52 Å². The van der Waals surface area contributed by atoms with E-state index in [1.165, 1.54) is 10.9 Å². The zero-order chi connectivity index (χ0) is 27.9. The van der Waals surface area contributed by atoms with Crippen molar-refractivity contribution < 1.29 is 5.11 Å². The number of hydrogen-bond acceptors (Lipinski definition) is 6. The van der Waals surface area contributed by atoms with Gasteiger partial charge >= 0.3 is 0 Å². The highest BCUT2D eigenvalue weighted by atomic mass is 35.5. The molecule has 0 bridgehead atoms. The number of H-pyrrole nitrogens is 1. The molecular weight excluding hydrogens is 526 g/mol. The lowest BCUT2D eigenvalue weighted by Crippen LogP contribution is -2.47. The van der Waals surface area contributed by atoms with Gasteiger partial charge in [0, 0.05) is 55.7 Å². The molecule has 0 amide bonds. The summed E-state index contributed by atoms with van der Waals surface area (Å²) in [6.45, 7) is 2.73. The van der Waals surface area contributed by atoms with E-state index in [0.29, 0.717) is 50.1 Å². The number of nitrogens with zero attached hydrogens (tertiary/aromatic N) is 5. The van der Waals surface area contributed by atoms with Crippen LogP contribution in [-0.2, 0) is 26.7 Å². The van der Waals surface area contributed by atoms with Crippen LogP contribution in [0.15, 0.2) is 71.9 Å². The first-order valence-electron chi connectivity index (χ1n) is 13.4. The van der Waals surface area contributed by atoms with Crippen LogP contribution in [0, 0.1) is 0 Å². The van der Waals surface area contributed by atoms with Crippen molar-refractivity contribution in [2.45, 2.75) is 38.1 Å². The summed E-state index contributed by atoms with van der Waals surface area (Å²) in [6, 6.07) is 17.9. The van der Waals surface area contributed by atoms with Gasteiger partial charge in [0.2, 0.25) is 0 Å². The van der Waals surface area contributed by atoms with Gasteiger partial charge in [-0.3, -0.25) is 18.9 Å². The Hall–Kier alpha value is -3.76. The van der Waals surface area contributed by atoms with E-state index in [2.05, 4.69) is 32.1 Å². The van der Waals surface area contributed by atoms with E-state index < -0.39 is 5.60 Å². The van der Waals surface area contributed by atoms with Gasteiger partial charge in [-0.25, -0.2) is 4.98 Å². The largest absolute Gasteiger partial charge is 0.388 e. The first kappa shape index (κ1) is 26.5. The first-order chi connectivity index (χ1) is 19.3. The normalized spacial score (nSPS) is 15.6. The Balaban J connectivity index is 1.14. The Bertz CT molecular complexity index is 1700. The minimum absolute atomic E-state index is 0.172. The fourth-order valence-corrected chi connectivity index (χ4v) is 5.77. The van der Waals surface area contributed by atoms with E-state index in [-0.39, 0.29) is 12.1 Å². The van der Waals surface area contributed by atoms with Crippen molar-refractivity contribution in [2.24, 2.45) is 12.8 Å². The van der Waals surface area contributed by atoms with Gasteiger partial charge in [-0.05, 0) is 47.7 Å². The summed E-state index contributed by atoms with van der Waals surface area (Å²) in [6.07, 6.45) is 4.50. The lowest BCUT2D eigenvalue weighted by atomic mass is 9.91. The average molecular weight is 558 g/mol. The molecule has 3 aromatic heterocycles.